The molecule has 0 unspecified atom stereocenters. The van der Waals surface area contributed by atoms with E-state index in [0.29, 0.717) is 37.9 Å². The number of imidazole rings is 1. The first-order valence-electron chi connectivity index (χ1n) is 13.9. The van der Waals surface area contributed by atoms with Crippen LogP contribution in [0.5, 0.6) is 0 Å². The lowest BCUT2D eigenvalue weighted by atomic mass is 9.93. The molecule has 5 rings (SSSR count). The van der Waals surface area contributed by atoms with Crippen LogP contribution in [0.1, 0.15) is 50.6 Å². The minimum Gasteiger partial charge on any atom is -0.382 e. The summed E-state index contributed by atoms with van der Waals surface area (Å²) in [5, 5.41) is 0.625. The first kappa shape index (κ1) is 26.9. The average molecular weight is 540 g/mol. The number of benzene rings is 1. The van der Waals surface area contributed by atoms with Crippen molar-refractivity contribution in [1.29, 1.82) is 0 Å². The molecule has 204 valence electrons. The van der Waals surface area contributed by atoms with Gasteiger partial charge < -0.3 is 9.64 Å². The Hall–Kier alpha value is -2.68. The summed E-state index contributed by atoms with van der Waals surface area (Å²) in [6.45, 7) is 8.04. The van der Waals surface area contributed by atoms with E-state index in [1.165, 1.54) is 5.56 Å². The third-order valence-electron chi connectivity index (χ3n) is 8.03. The van der Waals surface area contributed by atoms with Crippen LogP contribution in [0, 0.1) is 5.92 Å². The second-order valence-electron chi connectivity index (χ2n) is 10.5. The van der Waals surface area contributed by atoms with E-state index >= 15 is 0 Å². The van der Waals surface area contributed by atoms with Crippen molar-refractivity contribution < 1.29 is 9.53 Å². The molecule has 1 aromatic carbocycles. The van der Waals surface area contributed by atoms with Crippen molar-refractivity contribution in [3.05, 3.63) is 63.8 Å². The van der Waals surface area contributed by atoms with E-state index in [9.17, 15) is 9.59 Å². The highest BCUT2D eigenvalue weighted by Crippen LogP contribution is 2.29. The van der Waals surface area contributed by atoms with Gasteiger partial charge in [0.25, 0.3) is 0 Å². The monoisotopic (exact) mass is 539 g/mol. The number of carbonyl (C=O) groups excluding carboxylic acids is 1. The molecule has 4 heterocycles. The van der Waals surface area contributed by atoms with Crippen LogP contribution in [0.2, 0.25) is 5.02 Å². The van der Waals surface area contributed by atoms with Crippen molar-refractivity contribution >= 4 is 28.5 Å². The lowest BCUT2D eigenvalue weighted by Gasteiger charge is -2.37. The van der Waals surface area contributed by atoms with Gasteiger partial charge in [-0.25, -0.2) is 4.79 Å². The second kappa shape index (κ2) is 12.5. The highest BCUT2D eigenvalue weighted by atomic mass is 35.5. The summed E-state index contributed by atoms with van der Waals surface area (Å²) in [4.78, 5) is 35.4. The SMILES string of the molecule is CCOCCCn1c(=O)n(C2CCN(C(=O)C3CCN(Cc4ccncc4)CC3)CC2)c2ccc(Cl)cc21. The van der Waals surface area contributed by atoms with Crippen molar-refractivity contribution in [2.75, 3.05) is 39.4 Å². The molecule has 0 atom stereocenters. The van der Waals surface area contributed by atoms with Crippen LogP contribution in [0.15, 0.2) is 47.5 Å². The number of rotatable bonds is 9. The highest BCUT2D eigenvalue weighted by Gasteiger charge is 2.32. The Kier molecular flexibility index (Phi) is 8.82. The number of likely N-dealkylation sites (tertiary alicyclic amines) is 2. The van der Waals surface area contributed by atoms with Gasteiger partial charge in [0.2, 0.25) is 5.91 Å². The molecule has 0 N–H and O–H groups in total. The summed E-state index contributed by atoms with van der Waals surface area (Å²) >= 11 is 6.30. The quantitative estimate of drug-likeness (QED) is 0.378. The third-order valence-corrected chi connectivity index (χ3v) is 8.27. The van der Waals surface area contributed by atoms with Gasteiger partial charge >= 0.3 is 5.69 Å². The largest absolute Gasteiger partial charge is 0.382 e. The molecule has 0 bridgehead atoms. The summed E-state index contributed by atoms with van der Waals surface area (Å²) in [5.74, 6) is 0.377. The maximum absolute atomic E-state index is 13.5. The Bertz CT molecular complexity index is 1270. The van der Waals surface area contributed by atoms with E-state index < -0.39 is 0 Å². The van der Waals surface area contributed by atoms with E-state index in [-0.39, 0.29) is 23.6 Å². The van der Waals surface area contributed by atoms with Crippen LogP contribution in [-0.4, -0.2) is 69.2 Å². The van der Waals surface area contributed by atoms with Gasteiger partial charge in [-0.2, -0.15) is 0 Å². The van der Waals surface area contributed by atoms with Gasteiger partial charge in [0.15, 0.2) is 0 Å². The van der Waals surface area contributed by atoms with Crippen LogP contribution >= 0.6 is 11.6 Å². The summed E-state index contributed by atoms with van der Waals surface area (Å²) in [6, 6.07) is 9.87. The fourth-order valence-corrected chi connectivity index (χ4v) is 6.14. The number of nitrogens with zero attached hydrogens (tertiary/aromatic N) is 5. The van der Waals surface area contributed by atoms with Gasteiger partial charge in [0.1, 0.15) is 0 Å². The van der Waals surface area contributed by atoms with Gasteiger partial charge in [0, 0.05) is 68.8 Å². The molecule has 2 aromatic heterocycles. The van der Waals surface area contributed by atoms with Crippen molar-refractivity contribution in [3.63, 3.8) is 0 Å². The van der Waals surface area contributed by atoms with Crippen LogP contribution in [0.3, 0.4) is 0 Å². The molecule has 0 aliphatic carbocycles. The smallest absolute Gasteiger partial charge is 0.329 e. The summed E-state index contributed by atoms with van der Waals surface area (Å²) in [6.07, 6.45) is 7.81. The number of carbonyl (C=O) groups is 1. The zero-order valence-electron chi connectivity index (χ0n) is 22.2. The lowest BCUT2D eigenvalue weighted by molar-refractivity contribution is -0.138. The van der Waals surface area contributed by atoms with E-state index in [4.69, 9.17) is 16.3 Å². The maximum Gasteiger partial charge on any atom is 0.329 e. The Morgan fingerprint density at radius 1 is 1.03 bits per heavy atom. The number of hydrogen-bond donors (Lipinski definition) is 0. The van der Waals surface area contributed by atoms with Gasteiger partial charge in [-0.15, -0.1) is 0 Å². The molecule has 2 fully saturated rings. The highest BCUT2D eigenvalue weighted by molar-refractivity contribution is 6.31. The molecule has 0 saturated carbocycles. The Morgan fingerprint density at radius 3 is 2.47 bits per heavy atom. The summed E-state index contributed by atoms with van der Waals surface area (Å²) in [5.41, 5.74) is 3.06. The first-order chi connectivity index (χ1) is 18.5. The minimum absolute atomic E-state index is 0.00473. The molecule has 2 saturated heterocycles. The number of ether oxygens (including phenoxy) is 1. The van der Waals surface area contributed by atoms with Crippen molar-refractivity contribution in [1.82, 2.24) is 23.9 Å². The topological polar surface area (TPSA) is 72.6 Å². The number of fused-ring (bicyclic) bond motifs is 1. The van der Waals surface area contributed by atoms with Crippen LogP contribution in [-0.2, 0) is 22.6 Å². The van der Waals surface area contributed by atoms with Gasteiger partial charge in [0.05, 0.1) is 11.0 Å². The number of piperidine rings is 2. The number of amides is 1. The molecule has 38 heavy (non-hydrogen) atoms. The molecule has 8 nitrogen and oxygen atoms in total. The summed E-state index contributed by atoms with van der Waals surface area (Å²) < 4.78 is 9.25. The fraction of sp³-hybridized carbons (Fsp3) is 0.552. The van der Waals surface area contributed by atoms with E-state index in [2.05, 4.69) is 22.0 Å². The van der Waals surface area contributed by atoms with Crippen molar-refractivity contribution in [3.8, 4) is 0 Å². The molecule has 0 spiro atoms. The minimum atomic E-state index is 0.00473. The second-order valence-corrected chi connectivity index (χ2v) is 10.9. The van der Waals surface area contributed by atoms with Gasteiger partial charge in [-0.3, -0.25) is 23.8 Å². The van der Waals surface area contributed by atoms with Crippen LogP contribution in [0.4, 0.5) is 0 Å². The van der Waals surface area contributed by atoms with Crippen molar-refractivity contribution in [2.45, 2.75) is 58.2 Å². The van der Waals surface area contributed by atoms with E-state index in [1.807, 2.05) is 51.6 Å². The van der Waals surface area contributed by atoms with Crippen LogP contribution < -0.4 is 5.69 Å². The molecule has 2 aliphatic rings. The average Bonchev–Trinajstić information content (AvgIpc) is 3.22. The molecule has 9 heteroatoms. The number of aryl methyl sites for hydroxylation is 1. The zero-order chi connectivity index (χ0) is 26.5. The third kappa shape index (κ3) is 5.98. The number of halogens is 1. The Morgan fingerprint density at radius 2 is 1.76 bits per heavy atom. The molecule has 0 radical (unpaired) electrons. The fourth-order valence-electron chi connectivity index (χ4n) is 5.98. The Balaban J connectivity index is 1.20. The predicted molar refractivity (Wildman–Crippen MR) is 149 cm³/mol. The molecule has 3 aromatic rings. The van der Waals surface area contributed by atoms with Gasteiger partial charge in [-0.05, 0) is 88.0 Å². The van der Waals surface area contributed by atoms with E-state index in [1.54, 1.807) is 0 Å². The van der Waals surface area contributed by atoms with Crippen LogP contribution in [0.25, 0.3) is 11.0 Å². The molecule has 1 amide bonds. The van der Waals surface area contributed by atoms with E-state index in [0.717, 1.165) is 62.8 Å². The predicted octanol–water partition coefficient (Wildman–Crippen LogP) is 4.35. The number of pyridine rings is 1. The normalized spacial score (nSPS) is 17.9. The van der Waals surface area contributed by atoms with Crippen molar-refractivity contribution in [2.24, 2.45) is 5.92 Å². The van der Waals surface area contributed by atoms with Gasteiger partial charge in [-0.1, -0.05) is 11.6 Å². The molecule has 2 aliphatic heterocycles. The molecular weight excluding hydrogens is 502 g/mol. The Labute approximate surface area is 229 Å². The lowest BCUT2D eigenvalue weighted by Crippen LogP contribution is -2.46. The summed E-state index contributed by atoms with van der Waals surface area (Å²) in [7, 11) is 0. The first-order valence-corrected chi connectivity index (χ1v) is 14.3. The zero-order valence-corrected chi connectivity index (χ0v) is 23.0. The maximum atomic E-state index is 13.5. The standard InChI is InChI=1S/C29H38ClN5O3/c1-2-38-19-3-14-34-27-20-24(30)4-5-26(27)35(29(34)37)25-10-17-33(18-11-25)28(36)23-8-15-32(16-9-23)21-22-6-12-31-13-7-22/h4-7,12-13,20,23,25H,2-3,8-11,14-19,21H2,1H3. The number of aromatic nitrogens is 3. The molecular formula is C29H38ClN5O3. The number of hydrogen-bond acceptors (Lipinski definition) is 5.